The van der Waals surface area contributed by atoms with Crippen LogP contribution < -0.4 is 15.5 Å². The van der Waals surface area contributed by atoms with Gasteiger partial charge in [-0.1, -0.05) is 12.1 Å². The van der Waals surface area contributed by atoms with Crippen molar-refractivity contribution in [3.8, 4) is 0 Å². The van der Waals surface area contributed by atoms with E-state index in [1.165, 1.54) is 18.2 Å². The summed E-state index contributed by atoms with van der Waals surface area (Å²) in [5.74, 6) is 0.644. The highest BCUT2D eigenvalue weighted by Gasteiger charge is 2.44. The normalized spacial score (nSPS) is 20.2. The maximum atomic E-state index is 14.0. The molecule has 2 N–H and O–H groups in total. The minimum Gasteiger partial charge on any atom is -0.356 e. The highest BCUT2D eigenvalue weighted by molar-refractivity contribution is 14.0. The number of nitrogens with one attached hydrogen (secondary N) is 2. The Morgan fingerprint density at radius 1 is 1.24 bits per heavy atom. The van der Waals surface area contributed by atoms with Crippen molar-refractivity contribution in [3.05, 3.63) is 59.8 Å². The molecular formula is C21H26F2IN5. The molecule has 1 aromatic carbocycles. The molecule has 0 spiro atoms. The third-order valence-corrected chi connectivity index (χ3v) is 5.70. The summed E-state index contributed by atoms with van der Waals surface area (Å²) in [5, 5.41) is 6.85. The molecule has 1 saturated heterocycles. The molecule has 156 valence electrons. The van der Waals surface area contributed by atoms with Gasteiger partial charge in [0.25, 0.3) is 0 Å². The maximum Gasteiger partial charge on any atom is 0.191 e. The van der Waals surface area contributed by atoms with Crippen molar-refractivity contribution in [2.75, 3.05) is 31.6 Å². The van der Waals surface area contributed by atoms with Crippen LogP contribution in [0.2, 0.25) is 0 Å². The monoisotopic (exact) mass is 513 g/mol. The SMILES string of the molecule is CN=C(NCC1(c2ccc(F)cc2)CC1)NC1CCN(c2ncccc2F)C1.I. The van der Waals surface area contributed by atoms with Gasteiger partial charge in [0.1, 0.15) is 5.82 Å². The van der Waals surface area contributed by atoms with Gasteiger partial charge in [-0.05, 0) is 49.1 Å². The predicted octanol–water partition coefficient (Wildman–Crippen LogP) is 3.45. The number of aromatic nitrogens is 1. The first-order chi connectivity index (χ1) is 13.6. The molecule has 0 bridgehead atoms. The van der Waals surface area contributed by atoms with Crippen molar-refractivity contribution < 1.29 is 8.78 Å². The van der Waals surface area contributed by atoms with Crippen LogP contribution >= 0.6 is 24.0 Å². The molecule has 1 saturated carbocycles. The zero-order chi connectivity index (χ0) is 19.6. The molecule has 1 unspecified atom stereocenters. The number of rotatable bonds is 5. The second-order valence-electron chi connectivity index (χ2n) is 7.60. The molecule has 2 aliphatic rings. The van der Waals surface area contributed by atoms with Crippen LogP contribution in [0.4, 0.5) is 14.6 Å². The summed E-state index contributed by atoms with van der Waals surface area (Å²) in [7, 11) is 1.75. The lowest BCUT2D eigenvalue weighted by Gasteiger charge is -2.22. The first-order valence-electron chi connectivity index (χ1n) is 9.68. The number of halogens is 3. The lowest BCUT2D eigenvalue weighted by atomic mass is 9.96. The first kappa shape index (κ1) is 21.7. The summed E-state index contributed by atoms with van der Waals surface area (Å²) < 4.78 is 27.2. The van der Waals surface area contributed by atoms with Crippen molar-refractivity contribution in [1.29, 1.82) is 0 Å². The van der Waals surface area contributed by atoms with E-state index in [-0.39, 0.29) is 47.1 Å². The number of hydrogen-bond acceptors (Lipinski definition) is 3. The Kier molecular flexibility index (Phi) is 6.92. The van der Waals surface area contributed by atoms with Gasteiger partial charge in [-0.25, -0.2) is 13.8 Å². The van der Waals surface area contributed by atoms with E-state index in [4.69, 9.17) is 0 Å². The fourth-order valence-corrected chi connectivity index (χ4v) is 3.84. The minimum absolute atomic E-state index is 0. The van der Waals surface area contributed by atoms with E-state index in [1.807, 2.05) is 17.0 Å². The second kappa shape index (κ2) is 9.23. The van der Waals surface area contributed by atoms with Crippen LogP contribution in [0.15, 0.2) is 47.6 Å². The predicted molar refractivity (Wildman–Crippen MR) is 122 cm³/mol. The summed E-state index contributed by atoms with van der Waals surface area (Å²) in [6.07, 6.45) is 4.67. The number of benzene rings is 1. The average molecular weight is 513 g/mol. The molecule has 1 aliphatic carbocycles. The molecule has 2 fully saturated rings. The van der Waals surface area contributed by atoms with Crippen LogP contribution in [0.25, 0.3) is 0 Å². The Bertz CT molecular complexity index is 854. The van der Waals surface area contributed by atoms with Crippen molar-refractivity contribution in [2.45, 2.75) is 30.7 Å². The zero-order valence-corrected chi connectivity index (χ0v) is 18.7. The van der Waals surface area contributed by atoms with Crippen molar-refractivity contribution in [3.63, 3.8) is 0 Å². The summed E-state index contributed by atoms with van der Waals surface area (Å²) >= 11 is 0. The van der Waals surface area contributed by atoms with Crippen molar-refractivity contribution >= 4 is 35.8 Å². The van der Waals surface area contributed by atoms with E-state index < -0.39 is 0 Å². The molecule has 0 radical (unpaired) electrons. The summed E-state index contributed by atoms with van der Waals surface area (Å²) in [6.45, 7) is 2.18. The topological polar surface area (TPSA) is 52.6 Å². The Labute approximate surface area is 187 Å². The highest BCUT2D eigenvalue weighted by atomic mass is 127. The Morgan fingerprint density at radius 2 is 2.00 bits per heavy atom. The number of pyridine rings is 1. The second-order valence-corrected chi connectivity index (χ2v) is 7.60. The molecule has 1 aliphatic heterocycles. The van der Waals surface area contributed by atoms with Crippen LogP contribution in [-0.2, 0) is 5.41 Å². The molecule has 4 rings (SSSR count). The standard InChI is InChI=1S/C21H25F2N5.HI/c1-24-20(26-14-21(9-10-21)15-4-6-16(22)7-5-15)27-17-8-12-28(13-17)19-18(23)3-2-11-25-19;/h2-7,11,17H,8-10,12-14H2,1H3,(H2,24,26,27);1H. The van der Waals surface area contributed by atoms with Gasteiger partial charge < -0.3 is 15.5 Å². The molecule has 2 heterocycles. The molecule has 1 atom stereocenters. The fraction of sp³-hybridized carbons (Fsp3) is 0.429. The largest absolute Gasteiger partial charge is 0.356 e. The number of hydrogen-bond donors (Lipinski definition) is 2. The lowest BCUT2D eigenvalue weighted by molar-refractivity contribution is 0.602. The lowest BCUT2D eigenvalue weighted by Crippen LogP contribution is -2.46. The van der Waals surface area contributed by atoms with Gasteiger partial charge in [0.15, 0.2) is 17.6 Å². The van der Waals surface area contributed by atoms with E-state index in [1.54, 1.807) is 19.3 Å². The number of nitrogens with zero attached hydrogens (tertiary/aromatic N) is 3. The Hall–Kier alpha value is -1.97. The quantitative estimate of drug-likeness (QED) is 0.366. The van der Waals surface area contributed by atoms with Gasteiger partial charge in [0.05, 0.1) is 0 Å². The highest BCUT2D eigenvalue weighted by Crippen LogP contribution is 2.47. The van der Waals surface area contributed by atoms with E-state index in [2.05, 4.69) is 20.6 Å². The van der Waals surface area contributed by atoms with E-state index in [0.29, 0.717) is 12.4 Å². The van der Waals surface area contributed by atoms with Crippen LogP contribution in [0.1, 0.15) is 24.8 Å². The summed E-state index contributed by atoms with van der Waals surface area (Å²) in [5.41, 5.74) is 1.22. The van der Waals surface area contributed by atoms with Crippen LogP contribution in [0.3, 0.4) is 0 Å². The van der Waals surface area contributed by atoms with E-state index in [9.17, 15) is 8.78 Å². The van der Waals surface area contributed by atoms with Crippen LogP contribution in [-0.4, -0.2) is 43.7 Å². The van der Waals surface area contributed by atoms with Gasteiger partial charge in [0.2, 0.25) is 0 Å². The minimum atomic E-state index is -0.291. The average Bonchev–Trinajstić information content (AvgIpc) is 3.36. The van der Waals surface area contributed by atoms with Crippen molar-refractivity contribution in [2.24, 2.45) is 4.99 Å². The van der Waals surface area contributed by atoms with Crippen LogP contribution in [0, 0.1) is 11.6 Å². The van der Waals surface area contributed by atoms with Gasteiger partial charge in [0, 0.05) is 44.3 Å². The zero-order valence-electron chi connectivity index (χ0n) is 16.4. The van der Waals surface area contributed by atoms with E-state index >= 15 is 0 Å². The molecule has 8 heteroatoms. The summed E-state index contributed by atoms with van der Waals surface area (Å²) in [4.78, 5) is 10.5. The number of anilines is 1. The molecule has 5 nitrogen and oxygen atoms in total. The Morgan fingerprint density at radius 3 is 2.66 bits per heavy atom. The third kappa shape index (κ3) is 4.96. The maximum absolute atomic E-state index is 14.0. The molecule has 0 amide bonds. The molecule has 29 heavy (non-hydrogen) atoms. The molecular weight excluding hydrogens is 487 g/mol. The van der Waals surface area contributed by atoms with Crippen molar-refractivity contribution in [1.82, 2.24) is 15.6 Å². The van der Waals surface area contributed by atoms with Crippen LogP contribution in [0.5, 0.6) is 0 Å². The van der Waals surface area contributed by atoms with E-state index in [0.717, 1.165) is 43.9 Å². The van der Waals surface area contributed by atoms with Gasteiger partial charge in [-0.15, -0.1) is 24.0 Å². The smallest absolute Gasteiger partial charge is 0.191 e. The summed E-state index contributed by atoms with van der Waals surface area (Å²) in [6, 6.07) is 10.00. The van der Waals surface area contributed by atoms with Gasteiger partial charge in [-0.3, -0.25) is 4.99 Å². The number of aliphatic imine (C=N–C) groups is 1. The van der Waals surface area contributed by atoms with Gasteiger partial charge in [-0.2, -0.15) is 0 Å². The molecule has 1 aromatic heterocycles. The molecule has 2 aromatic rings. The first-order valence-corrected chi connectivity index (χ1v) is 9.68. The van der Waals surface area contributed by atoms with Gasteiger partial charge >= 0.3 is 0 Å². The Balaban J connectivity index is 0.00000240. The fourth-order valence-electron chi connectivity index (χ4n) is 3.84. The number of guanidine groups is 1. The third-order valence-electron chi connectivity index (χ3n) is 5.70.